The number of rotatable bonds is 10. The minimum atomic E-state index is -6.53. The molecule has 0 N–H and O–H groups in total. The Balaban J connectivity index is 2.18. The topological polar surface area (TPSA) is 36.9 Å². The van der Waals surface area contributed by atoms with E-state index in [4.69, 9.17) is 11.3 Å². The van der Waals surface area contributed by atoms with Crippen LogP contribution in [0.1, 0.15) is 54.2 Å². The van der Waals surface area contributed by atoms with E-state index in [1.165, 1.54) is 20.8 Å². The fourth-order valence-corrected chi connectivity index (χ4v) is 9.07. The first-order valence-electron chi connectivity index (χ1n) is 12.7. The molecule has 0 aliphatic heterocycles. The van der Waals surface area contributed by atoms with Gasteiger partial charge in [0.1, 0.15) is 0 Å². The van der Waals surface area contributed by atoms with Gasteiger partial charge in [-0.1, -0.05) is 0 Å². The van der Waals surface area contributed by atoms with E-state index in [-0.39, 0.29) is 0 Å². The third-order valence-electron chi connectivity index (χ3n) is 6.33. The Labute approximate surface area is 255 Å². The van der Waals surface area contributed by atoms with Crippen LogP contribution in [0.15, 0.2) is 0 Å². The van der Waals surface area contributed by atoms with Crippen LogP contribution in [0.3, 0.4) is 0 Å². The average molecular weight is 744 g/mol. The normalized spacial score (nSPS) is 12.4. The van der Waals surface area contributed by atoms with Crippen molar-refractivity contribution in [1.29, 1.82) is 0 Å². The standard InChI is InChI=1S/3C8H5F4O.C4H9O.Zr/c3*1-3-5(9)7(11)4(2-13)8(12)6(3)10;1-4(2,3)5;/h3*2H2,1H3;1-3H3;/q4*-1;+4. The predicted molar refractivity (Wildman–Crippen MR) is 128 cm³/mol. The van der Waals surface area contributed by atoms with Crippen LogP contribution in [0, 0.1) is 90.6 Å². The van der Waals surface area contributed by atoms with Gasteiger partial charge in [0.05, 0.1) is 0 Å². The zero-order valence-electron chi connectivity index (χ0n) is 24.3. The van der Waals surface area contributed by atoms with Crippen LogP contribution in [0.25, 0.3) is 0 Å². The van der Waals surface area contributed by atoms with Gasteiger partial charge in [-0.25, -0.2) is 0 Å². The second-order valence-corrected chi connectivity index (χ2v) is 15.7. The van der Waals surface area contributed by atoms with Gasteiger partial charge in [0, 0.05) is 0 Å². The Morgan fingerprint density at radius 3 is 0.778 bits per heavy atom. The van der Waals surface area contributed by atoms with E-state index in [0.717, 1.165) is 0 Å². The van der Waals surface area contributed by atoms with E-state index < -0.39 is 151 Å². The van der Waals surface area contributed by atoms with Crippen LogP contribution in [0.4, 0.5) is 52.7 Å². The molecule has 0 saturated heterocycles. The van der Waals surface area contributed by atoms with Crippen molar-refractivity contribution in [1.82, 2.24) is 0 Å². The molecule has 0 amide bonds. The molecule has 3 aromatic rings. The first kappa shape index (κ1) is 37.0. The van der Waals surface area contributed by atoms with E-state index in [1.54, 1.807) is 0 Å². The Morgan fingerprint density at radius 2 is 0.600 bits per heavy atom. The molecule has 4 nitrogen and oxygen atoms in total. The summed E-state index contributed by atoms with van der Waals surface area (Å²) in [6.45, 7) is 1.40. The van der Waals surface area contributed by atoms with Gasteiger partial charge in [0.15, 0.2) is 0 Å². The molecular formula is C28H24F12O4Zr. The molecule has 0 bridgehead atoms. The molecular weight excluding hydrogens is 720 g/mol. The van der Waals surface area contributed by atoms with Crippen molar-refractivity contribution in [3.63, 3.8) is 0 Å². The molecule has 3 aromatic carbocycles. The summed E-state index contributed by atoms with van der Waals surface area (Å²) in [7, 11) is 0. The van der Waals surface area contributed by atoms with Gasteiger partial charge in [-0.2, -0.15) is 0 Å². The quantitative estimate of drug-likeness (QED) is 0.154. The van der Waals surface area contributed by atoms with Gasteiger partial charge in [-0.15, -0.1) is 0 Å². The molecule has 0 spiro atoms. The van der Waals surface area contributed by atoms with Crippen molar-refractivity contribution in [3.8, 4) is 0 Å². The molecule has 0 atom stereocenters. The molecule has 0 unspecified atom stereocenters. The van der Waals surface area contributed by atoms with Crippen LogP contribution in [-0.4, -0.2) is 5.60 Å². The van der Waals surface area contributed by atoms with Crippen LogP contribution >= 0.6 is 0 Å². The molecule has 0 radical (unpaired) electrons. The first-order chi connectivity index (χ1) is 20.7. The predicted octanol–water partition coefficient (Wildman–Crippen LogP) is 8.86. The SMILES string of the molecule is Cc1c(F)c(F)c(C[O][Zr]([O]Cc2c(F)c(F)c(C)c(F)c2F)([O]Cc2c(F)c(F)c(C)c(F)c2F)[O]C(C)(C)C)c(F)c1F. The van der Waals surface area contributed by atoms with Crippen molar-refractivity contribution >= 4 is 0 Å². The van der Waals surface area contributed by atoms with E-state index in [1.807, 2.05) is 0 Å². The molecule has 248 valence electrons. The van der Waals surface area contributed by atoms with Crippen molar-refractivity contribution in [2.75, 3.05) is 0 Å². The summed E-state index contributed by atoms with van der Waals surface area (Å²) in [5.74, 6) is -22.8. The summed E-state index contributed by atoms with van der Waals surface area (Å²) in [5.41, 5.74) is -8.94. The Morgan fingerprint density at radius 1 is 0.400 bits per heavy atom. The summed E-state index contributed by atoms with van der Waals surface area (Å²) in [6, 6.07) is 0. The fraction of sp³-hybridized carbons (Fsp3) is 0.357. The minimum absolute atomic E-state index is 0.714. The number of halogens is 12. The van der Waals surface area contributed by atoms with Gasteiger partial charge in [0.2, 0.25) is 0 Å². The van der Waals surface area contributed by atoms with E-state index in [2.05, 4.69) is 0 Å². The summed E-state index contributed by atoms with van der Waals surface area (Å²) in [5, 5.41) is 0. The van der Waals surface area contributed by atoms with Gasteiger partial charge in [-0.3, -0.25) is 0 Å². The number of hydrogen-bond acceptors (Lipinski definition) is 4. The maximum atomic E-state index is 14.7. The summed E-state index contributed by atoms with van der Waals surface area (Å²) in [6.07, 6.45) is 0. The molecule has 17 heteroatoms. The Bertz CT molecular complexity index is 1380. The Kier molecular flexibility index (Phi) is 11.3. The van der Waals surface area contributed by atoms with E-state index in [0.29, 0.717) is 20.8 Å². The van der Waals surface area contributed by atoms with Gasteiger partial charge >= 0.3 is 256 Å². The average Bonchev–Trinajstić information content (AvgIpc) is 2.98. The van der Waals surface area contributed by atoms with Crippen LogP contribution in [0.5, 0.6) is 0 Å². The molecule has 3 rings (SSSR count). The molecule has 0 aliphatic rings. The number of hydrogen-bond donors (Lipinski definition) is 0. The van der Waals surface area contributed by atoms with Gasteiger partial charge < -0.3 is 0 Å². The third kappa shape index (κ3) is 7.42. The summed E-state index contributed by atoms with van der Waals surface area (Å²) < 4.78 is 195. The first-order valence-corrected chi connectivity index (χ1v) is 16.7. The third-order valence-corrected chi connectivity index (χ3v) is 12.1. The maximum absolute atomic E-state index is 14.7. The van der Waals surface area contributed by atoms with Crippen molar-refractivity contribution in [2.45, 2.75) is 67.0 Å². The van der Waals surface area contributed by atoms with E-state index >= 15 is 0 Å². The second-order valence-electron chi connectivity index (χ2n) is 10.7. The zero-order chi connectivity index (χ0) is 34.3. The van der Waals surface area contributed by atoms with Crippen LogP contribution in [0.2, 0.25) is 0 Å². The summed E-state index contributed by atoms with van der Waals surface area (Å²) >= 11 is -6.53. The zero-order valence-corrected chi connectivity index (χ0v) is 26.7. The van der Waals surface area contributed by atoms with Crippen molar-refractivity contribution in [3.05, 3.63) is 103 Å². The second kappa shape index (κ2) is 13.7. The van der Waals surface area contributed by atoms with Crippen molar-refractivity contribution in [2.24, 2.45) is 0 Å². The molecule has 0 heterocycles. The summed E-state index contributed by atoms with van der Waals surface area (Å²) in [4.78, 5) is 0. The monoisotopic (exact) mass is 742 g/mol. The molecule has 0 saturated carbocycles. The molecule has 0 aromatic heterocycles. The van der Waals surface area contributed by atoms with Gasteiger partial charge in [-0.05, 0) is 0 Å². The molecule has 0 aliphatic carbocycles. The van der Waals surface area contributed by atoms with Crippen molar-refractivity contribution < 1.29 is 86.0 Å². The van der Waals surface area contributed by atoms with E-state index in [9.17, 15) is 52.7 Å². The fourth-order valence-electron chi connectivity index (χ4n) is 3.81. The Hall–Kier alpha value is -2.46. The van der Waals surface area contributed by atoms with Crippen LogP contribution in [-0.2, 0) is 53.1 Å². The van der Waals surface area contributed by atoms with Gasteiger partial charge in [0.25, 0.3) is 0 Å². The van der Waals surface area contributed by atoms with Crippen LogP contribution < -0.4 is 0 Å². The molecule has 0 fully saturated rings. The number of benzene rings is 3. The molecule has 45 heavy (non-hydrogen) atoms.